The Hall–Kier alpha value is -2.50. The monoisotopic (exact) mass is 377 g/mol. The molecule has 2 aromatic carbocycles. The van der Waals surface area contributed by atoms with Crippen LogP contribution in [0, 0.1) is 6.92 Å². The molecule has 0 radical (unpaired) electrons. The zero-order chi connectivity index (χ0) is 18.5. The fourth-order valence-corrected chi connectivity index (χ4v) is 3.92. The van der Waals surface area contributed by atoms with Crippen molar-refractivity contribution in [3.05, 3.63) is 75.9 Å². The molecule has 0 spiro atoms. The lowest BCUT2D eigenvalue weighted by molar-refractivity contribution is 0.117. The van der Waals surface area contributed by atoms with Crippen LogP contribution >= 0.6 is 11.3 Å². The van der Waals surface area contributed by atoms with E-state index in [1.54, 1.807) is 11.3 Å². The third-order valence-corrected chi connectivity index (χ3v) is 5.46. The Kier molecular flexibility index (Phi) is 5.61. The summed E-state index contributed by atoms with van der Waals surface area (Å²) in [5.74, 6) is 0. The minimum absolute atomic E-state index is 0.238. The molecular formula is C22H23N3OS. The molecule has 0 bridgehead atoms. The van der Waals surface area contributed by atoms with Gasteiger partial charge in [-0.05, 0) is 25.3 Å². The fraction of sp³-hybridized carbons (Fsp3) is 0.273. The molecule has 1 saturated heterocycles. The van der Waals surface area contributed by atoms with Gasteiger partial charge in [-0.25, -0.2) is 4.68 Å². The predicted molar refractivity (Wildman–Crippen MR) is 111 cm³/mol. The molecule has 4 rings (SSSR count). The Morgan fingerprint density at radius 2 is 1.96 bits per heavy atom. The van der Waals surface area contributed by atoms with Crippen LogP contribution in [0.4, 0.5) is 0 Å². The van der Waals surface area contributed by atoms with E-state index in [0.29, 0.717) is 6.54 Å². The molecule has 4 nitrogen and oxygen atoms in total. The number of ether oxygens (including phenoxy) is 1. The van der Waals surface area contributed by atoms with Crippen molar-refractivity contribution in [2.24, 2.45) is 10.1 Å². The summed E-state index contributed by atoms with van der Waals surface area (Å²) < 4.78 is 7.65. The Morgan fingerprint density at radius 3 is 2.70 bits per heavy atom. The zero-order valence-corrected chi connectivity index (χ0v) is 16.2. The van der Waals surface area contributed by atoms with Crippen LogP contribution in [0.1, 0.15) is 24.0 Å². The molecule has 1 fully saturated rings. The molecule has 2 heterocycles. The summed E-state index contributed by atoms with van der Waals surface area (Å²) in [5.41, 5.74) is 4.50. The van der Waals surface area contributed by atoms with Crippen molar-refractivity contribution in [1.82, 2.24) is 4.68 Å². The fourth-order valence-electron chi connectivity index (χ4n) is 3.07. The van der Waals surface area contributed by atoms with Crippen molar-refractivity contribution in [1.29, 1.82) is 0 Å². The van der Waals surface area contributed by atoms with Crippen LogP contribution in [-0.4, -0.2) is 30.1 Å². The van der Waals surface area contributed by atoms with Gasteiger partial charge >= 0.3 is 0 Å². The molecule has 0 saturated carbocycles. The maximum atomic E-state index is 5.71. The van der Waals surface area contributed by atoms with Crippen molar-refractivity contribution in [2.45, 2.75) is 25.9 Å². The largest absolute Gasteiger partial charge is 0.376 e. The minimum atomic E-state index is 0.238. The maximum Gasteiger partial charge on any atom is 0.206 e. The second kappa shape index (κ2) is 8.46. The van der Waals surface area contributed by atoms with Crippen LogP contribution in [0.3, 0.4) is 0 Å². The normalized spacial score (nSPS) is 17.8. The highest BCUT2D eigenvalue weighted by Crippen LogP contribution is 2.20. The summed E-state index contributed by atoms with van der Waals surface area (Å²) in [7, 11) is 0. The Bertz CT molecular complexity index is 965. The lowest BCUT2D eigenvalue weighted by Gasteiger charge is -2.05. The van der Waals surface area contributed by atoms with E-state index in [-0.39, 0.29) is 6.10 Å². The standard InChI is InChI=1S/C22H23N3OS/c1-17-9-11-18(12-10-17)14-24-25-21(19-6-3-2-4-7-19)16-27-22(25)23-15-20-8-5-13-26-20/h2-4,6-7,9-12,14,16,20H,5,8,13,15H2,1H3/b23-22?,24-14-/t20-/m1/s1. The Balaban J connectivity index is 1.69. The highest BCUT2D eigenvalue weighted by atomic mass is 32.1. The topological polar surface area (TPSA) is 38.9 Å². The van der Waals surface area contributed by atoms with Crippen LogP contribution in [0.5, 0.6) is 0 Å². The molecule has 0 N–H and O–H groups in total. The molecule has 1 aliphatic rings. The van der Waals surface area contributed by atoms with E-state index in [0.717, 1.165) is 41.1 Å². The van der Waals surface area contributed by atoms with E-state index in [1.807, 2.05) is 29.1 Å². The number of hydrogen-bond donors (Lipinski definition) is 0. The third-order valence-electron chi connectivity index (χ3n) is 4.61. The second-order valence-electron chi connectivity index (χ2n) is 6.71. The molecule has 0 aliphatic carbocycles. The third kappa shape index (κ3) is 4.43. The molecule has 1 atom stereocenters. The summed E-state index contributed by atoms with van der Waals surface area (Å²) in [5, 5.41) is 6.88. The van der Waals surface area contributed by atoms with Gasteiger partial charge in [0.15, 0.2) is 0 Å². The molecule has 0 unspecified atom stereocenters. The summed E-state index contributed by atoms with van der Waals surface area (Å²) in [6, 6.07) is 18.7. The molecule has 138 valence electrons. The van der Waals surface area contributed by atoms with Crippen molar-refractivity contribution in [2.75, 3.05) is 13.2 Å². The van der Waals surface area contributed by atoms with Gasteiger partial charge in [0, 0.05) is 17.6 Å². The molecular weight excluding hydrogens is 354 g/mol. The molecule has 0 amide bonds. The van der Waals surface area contributed by atoms with E-state index < -0.39 is 0 Å². The number of benzene rings is 2. The van der Waals surface area contributed by atoms with Crippen LogP contribution < -0.4 is 4.80 Å². The molecule has 5 heteroatoms. The average Bonchev–Trinajstić information content (AvgIpc) is 3.36. The van der Waals surface area contributed by atoms with Crippen molar-refractivity contribution in [3.63, 3.8) is 0 Å². The number of aromatic nitrogens is 1. The highest BCUT2D eigenvalue weighted by Gasteiger charge is 2.15. The van der Waals surface area contributed by atoms with Crippen molar-refractivity contribution >= 4 is 17.6 Å². The number of thiazole rings is 1. The van der Waals surface area contributed by atoms with Crippen LogP contribution in [0.25, 0.3) is 11.3 Å². The Morgan fingerprint density at radius 1 is 1.15 bits per heavy atom. The predicted octanol–water partition coefficient (Wildman–Crippen LogP) is 4.49. The summed E-state index contributed by atoms with van der Waals surface area (Å²) in [6.07, 6.45) is 4.35. The summed E-state index contributed by atoms with van der Waals surface area (Å²) >= 11 is 1.62. The van der Waals surface area contributed by atoms with Gasteiger partial charge in [0.1, 0.15) is 0 Å². The van der Waals surface area contributed by atoms with Gasteiger partial charge < -0.3 is 4.74 Å². The number of rotatable bonds is 5. The van der Waals surface area contributed by atoms with Crippen LogP contribution in [-0.2, 0) is 4.74 Å². The maximum absolute atomic E-state index is 5.71. The number of aryl methyl sites for hydroxylation is 1. The van der Waals surface area contributed by atoms with Gasteiger partial charge in [-0.3, -0.25) is 4.99 Å². The number of hydrogen-bond acceptors (Lipinski definition) is 4. The lowest BCUT2D eigenvalue weighted by atomic mass is 10.2. The van der Waals surface area contributed by atoms with Crippen LogP contribution in [0.2, 0.25) is 0 Å². The van der Waals surface area contributed by atoms with Gasteiger partial charge in [0.2, 0.25) is 4.80 Å². The van der Waals surface area contributed by atoms with Gasteiger partial charge in [0.05, 0.1) is 24.6 Å². The number of nitrogens with zero attached hydrogens (tertiary/aromatic N) is 3. The van der Waals surface area contributed by atoms with E-state index in [4.69, 9.17) is 14.8 Å². The zero-order valence-electron chi connectivity index (χ0n) is 15.4. The van der Waals surface area contributed by atoms with E-state index in [2.05, 4.69) is 48.7 Å². The molecule has 27 heavy (non-hydrogen) atoms. The smallest absolute Gasteiger partial charge is 0.206 e. The highest BCUT2D eigenvalue weighted by molar-refractivity contribution is 7.07. The van der Waals surface area contributed by atoms with E-state index in [9.17, 15) is 0 Å². The molecule has 1 aliphatic heterocycles. The molecule has 3 aromatic rings. The quantitative estimate of drug-likeness (QED) is 0.604. The van der Waals surface area contributed by atoms with Crippen LogP contribution in [0.15, 0.2) is 70.1 Å². The summed E-state index contributed by atoms with van der Waals surface area (Å²) in [6.45, 7) is 3.63. The first-order valence-corrected chi connectivity index (χ1v) is 10.2. The summed E-state index contributed by atoms with van der Waals surface area (Å²) in [4.78, 5) is 5.70. The first-order chi connectivity index (χ1) is 13.3. The van der Waals surface area contributed by atoms with Crippen molar-refractivity contribution < 1.29 is 4.74 Å². The average molecular weight is 378 g/mol. The van der Waals surface area contributed by atoms with E-state index in [1.165, 1.54) is 5.56 Å². The van der Waals surface area contributed by atoms with Gasteiger partial charge in [-0.2, -0.15) is 5.10 Å². The molecule has 1 aromatic heterocycles. The minimum Gasteiger partial charge on any atom is -0.376 e. The first kappa shape index (κ1) is 17.9. The van der Waals surface area contributed by atoms with Gasteiger partial charge in [-0.15, -0.1) is 11.3 Å². The van der Waals surface area contributed by atoms with E-state index >= 15 is 0 Å². The van der Waals surface area contributed by atoms with Crippen molar-refractivity contribution in [3.8, 4) is 11.3 Å². The Labute approximate surface area is 163 Å². The van der Waals surface area contributed by atoms with Gasteiger partial charge in [0.25, 0.3) is 0 Å². The first-order valence-electron chi connectivity index (χ1n) is 9.29. The second-order valence-corrected chi connectivity index (χ2v) is 7.55. The lowest BCUT2D eigenvalue weighted by Crippen LogP contribution is -2.17. The SMILES string of the molecule is Cc1ccc(/C=N\n2c(-c3ccccc3)csc2=NC[C@H]2CCCO2)cc1. The van der Waals surface area contributed by atoms with Gasteiger partial charge in [-0.1, -0.05) is 60.2 Å².